The minimum absolute atomic E-state index is 0.313. The first-order valence-electron chi connectivity index (χ1n) is 4.73. The second-order valence-corrected chi connectivity index (χ2v) is 3.53. The second-order valence-electron chi connectivity index (χ2n) is 3.26. The van der Waals surface area contributed by atoms with E-state index in [-0.39, 0.29) is 0 Å². The predicted molar refractivity (Wildman–Crippen MR) is 56.8 cm³/mol. The first kappa shape index (κ1) is 11.2. The third-order valence-electron chi connectivity index (χ3n) is 1.79. The largest absolute Gasteiger partial charge is 0.490 e. The summed E-state index contributed by atoms with van der Waals surface area (Å²) in [7, 11) is 0. The molecule has 0 radical (unpaired) electrons. The zero-order chi connectivity index (χ0) is 10.6. The Morgan fingerprint density at radius 2 is 2.21 bits per heavy atom. The van der Waals surface area contributed by atoms with Crippen LogP contribution in [0.2, 0.25) is 0 Å². The lowest BCUT2D eigenvalue weighted by molar-refractivity contribution is 0.333. The molecule has 0 bridgehead atoms. The van der Waals surface area contributed by atoms with Crippen LogP contribution >= 0.6 is 11.6 Å². The van der Waals surface area contributed by atoms with Crippen LogP contribution in [0.5, 0.6) is 5.75 Å². The van der Waals surface area contributed by atoms with Crippen LogP contribution in [0.15, 0.2) is 6.20 Å². The number of ether oxygens (including phenoxy) is 1. The molecule has 0 unspecified atom stereocenters. The lowest BCUT2D eigenvalue weighted by Gasteiger charge is -2.09. The highest BCUT2D eigenvalue weighted by Gasteiger charge is 2.09. The van der Waals surface area contributed by atoms with Gasteiger partial charge >= 0.3 is 0 Å². The van der Waals surface area contributed by atoms with E-state index in [9.17, 15) is 0 Å². The Hall–Kier alpha value is -0.830. The summed E-state index contributed by atoms with van der Waals surface area (Å²) >= 11 is 5.77. The molecule has 0 saturated carbocycles. The lowest BCUT2D eigenvalue weighted by atomic mass is 10.2. The number of halogens is 1. The Morgan fingerprint density at radius 1 is 1.50 bits per heavy atom. The zero-order valence-electron chi connectivity index (χ0n) is 8.75. The maximum Gasteiger partial charge on any atom is 0.160 e. The molecular weight excluding hydrogens is 200 g/mol. The van der Waals surface area contributed by atoms with Crippen molar-refractivity contribution in [2.75, 3.05) is 6.61 Å². The van der Waals surface area contributed by atoms with E-state index in [0.29, 0.717) is 24.2 Å². The van der Waals surface area contributed by atoms with Crippen molar-refractivity contribution in [1.29, 1.82) is 0 Å². The number of hydrogen-bond acceptors (Lipinski definition) is 3. The van der Waals surface area contributed by atoms with Crippen molar-refractivity contribution in [2.45, 2.75) is 32.6 Å². The van der Waals surface area contributed by atoms with E-state index in [1.165, 1.54) is 0 Å². The van der Waals surface area contributed by atoms with Gasteiger partial charge < -0.3 is 4.74 Å². The molecule has 14 heavy (non-hydrogen) atoms. The van der Waals surface area contributed by atoms with Gasteiger partial charge in [0.15, 0.2) is 5.75 Å². The van der Waals surface area contributed by atoms with Crippen LogP contribution in [0, 0.1) is 0 Å². The molecule has 0 saturated heterocycles. The molecule has 0 amide bonds. The van der Waals surface area contributed by atoms with Crippen LogP contribution in [0.1, 0.15) is 38.2 Å². The summed E-state index contributed by atoms with van der Waals surface area (Å²) in [5.41, 5.74) is 0.771. The van der Waals surface area contributed by atoms with Crippen molar-refractivity contribution in [3.63, 3.8) is 0 Å². The minimum atomic E-state index is 0.313. The van der Waals surface area contributed by atoms with Gasteiger partial charge in [-0.05, 0) is 6.92 Å². The molecule has 0 atom stereocenters. The molecule has 3 nitrogen and oxygen atoms in total. The summed E-state index contributed by atoms with van der Waals surface area (Å²) in [4.78, 5) is 8.55. The fourth-order valence-corrected chi connectivity index (χ4v) is 1.26. The third-order valence-corrected chi connectivity index (χ3v) is 2.04. The van der Waals surface area contributed by atoms with Gasteiger partial charge in [-0.3, -0.25) is 0 Å². The van der Waals surface area contributed by atoms with Crippen molar-refractivity contribution in [3.05, 3.63) is 17.7 Å². The lowest BCUT2D eigenvalue weighted by Crippen LogP contribution is -2.04. The molecule has 1 rings (SSSR count). The fraction of sp³-hybridized carbons (Fsp3) is 0.600. The molecule has 78 valence electrons. The monoisotopic (exact) mass is 214 g/mol. The number of hydrogen-bond donors (Lipinski definition) is 0. The van der Waals surface area contributed by atoms with Crippen molar-refractivity contribution < 1.29 is 4.74 Å². The molecule has 0 spiro atoms. The Labute approximate surface area is 89.5 Å². The van der Waals surface area contributed by atoms with E-state index in [1.54, 1.807) is 6.20 Å². The average molecular weight is 215 g/mol. The van der Waals surface area contributed by atoms with Crippen LogP contribution in [0.3, 0.4) is 0 Å². The van der Waals surface area contributed by atoms with Gasteiger partial charge in [0.05, 0.1) is 18.7 Å². The molecule has 4 heteroatoms. The molecule has 0 aliphatic carbocycles. The van der Waals surface area contributed by atoms with Crippen LogP contribution in [0.4, 0.5) is 0 Å². The van der Waals surface area contributed by atoms with E-state index in [4.69, 9.17) is 16.3 Å². The highest BCUT2D eigenvalue weighted by atomic mass is 35.5. The summed E-state index contributed by atoms with van der Waals surface area (Å²) in [5.74, 6) is 2.17. The van der Waals surface area contributed by atoms with Crippen LogP contribution in [0.25, 0.3) is 0 Å². The first-order valence-corrected chi connectivity index (χ1v) is 5.27. The normalized spacial score (nSPS) is 10.6. The maximum absolute atomic E-state index is 5.77. The van der Waals surface area contributed by atoms with E-state index in [1.807, 2.05) is 20.8 Å². The number of alkyl halides is 1. The van der Waals surface area contributed by atoms with E-state index < -0.39 is 0 Å². The summed E-state index contributed by atoms with van der Waals surface area (Å²) in [5, 5.41) is 0. The van der Waals surface area contributed by atoms with Crippen molar-refractivity contribution >= 4 is 11.6 Å². The van der Waals surface area contributed by atoms with E-state index in [2.05, 4.69) is 9.97 Å². The first-order chi connectivity index (χ1) is 6.69. The van der Waals surface area contributed by atoms with Crippen molar-refractivity contribution in [1.82, 2.24) is 9.97 Å². The molecule has 0 aliphatic rings. The predicted octanol–water partition coefficient (Wildman–Crippen LogP) is 2.74. The molecule has 1 aromatic rings. The molecule has 0 N–H and O–H groups in total. The van der Waals surface area contributed by atoms with Gasteiger partial charge in [0.2, 0.25) is 0 Å². The van der Waals surface area contributed by atoms with Crippen LogP contribution in [-0.4, -0.2) is 16.6 Å². The number of rotatable bonds is 4. The summed E-state index contributed by atoms with van der Waals surface area (Å²) in [6.07, 6.45) is 1.70. The highest BCUT2D eigenvalue weighted by Crippen LogP contribution is 2.19. The van der Waals surface area contributed by atoms with Gasteiger partial charge in [-0.15, -0.1) is 11.6 Å². The Balaban J connectivity index is 2.98. The van der Waals surface area contributed by atoms with E-state index in [0.717, 1.165) is 11.5 Å². The average Bonchev–Trinajstić information content (AvgIpc) is 2.18. The molecule has 0 aliphatic heterocycles. The van der Waals surface area contributed by atoms with Gasteiger partial charge in [0, 0.05) is 5.92 Å². The zero-order valence-corrected chi connectivity index (χ0v) is 9.51. The SMILES string of the molecule is CCOc1cnc(C(C)C)nc1CCl. The molecule has 0 aromatic carbocycles. The molecular formula is C10H15ClN2O. The Kier molecular flexibility index (Phi) is 4.14. The quantitative estimate of drug-likeness (QED) is 0.723. The molecule has 0 fully saturated rings. The fourth-order valence-electron chi connectivity index (χ4n) is 1.07. The summed E-state index contributed by atoms with van der Waals surface area (Å²) < 4.78 is 5.35. The van der Waals surface area contributed by atoms with Crippen molar-refractivity contribution in [2.24, 2.45) is 0 Å². The Morgan fingerprint density at radius 3 is 2.71 bits per heavy atom. The van der Waals surface area contributed by atoms with Gasteiger partial charge in [0.1, 0.15) is 11.5 Å². The van der Waals surface area contributed by atoms with Crippen LogP contribution in [-0.2, 0) is 5.88 Å². The number of nitrogens with zero attached hydrogens (tertiary/aromatic N) is 2. The number of aromatic nitrogens is 2. The van der Waals surface area contributed by atoms with Gasteiger partial charge in [-0.25, -0.2) is 9.97 Å². The van der Waals surface area contributed by atoms with E-state index >= 15 is 0 Å². The standard InChI is InChI=1S/C10H15ClN2O/c1-4-14-9-6-12-10(7(2)3)13-8(9)5-11/h6-7H,4-5H2,1-3H3. The van der Waals surface area contributed by atoms with Gasteiger partial charge in [-0.1, -0.05) is 13.8 Å². The van der Waals surface area contributed by atoms with Crippen molar-refractivity contribution in [3.8, 4) is 5.75 Å². The minimum Gasteiger partial charge on any atom is -0.490 e. The second kappa shape index (κ2) is 5.15. The molecule has 1 aromatic heterocycles. The van der Waals surface area contributed by atoms with Gasteiger partial charge in [0.25, 0.3) is 0 Å². The maximum atomic E-state index is 5.77. The smallest absolute Gasteiger partial charge is 0.160 e. The summed E-state index contributed by atoms with van der Waals surface area (Å²) in [6, 6.07) is 0. The Bertz CT molecular complexity index is 302. The van der Waals surface area contributed by atoms with Crippen LogP contribution < -0.4 is 4.74 Å². The summed E-state index contributed by atoms with van der Waals surface area (Å²) in [6.45, 7) is 6.63. The highest BCUT2D eigenvalue weighted by molar-refractivity contribution is 6.17. The molecule has 1 heterocycles. The topological polar surface area (TPSA) is 35.0 Å². The third kappa shape index (κ3) is 2.58. The van der Waals surface area contributed by atoms with Gasteiger partial charge in [-0.2, -0.15) is 0 Å².